The first-order valence-corrected chi connectivity index (χ1v) is 10.8. The van der Waals surface area contributed by atoms with E-state index in [4.69, 9.17) is 0 Å². The fraction of sp³-hybridized carbons (Fsp3) is 0.391. The van der Waals surface area contributed by atoms with E-state index in [1.54, 1.807) is 0 Å². The van der Waals surface area contributed by atoms with Gasteiger partial charge in [0.2, 0.25) is 5.91 Å². The zero-order valence-electron chi connectivity index (χ0n) is 18.7. The first-order chi connectivity index (χ1) is 15.3. The number of H-pyrrole nitrogens is 1. The number of rotatable bonds is 7. The number of carbonyl (C=O) groups is 3. The number of aromatic amines is 1. The third-order valence-electron chi connectivity index (χ3n) is 5.85. The Morgan fingerprint density at radius 3 is 2.69 bits per heavy atom. The van der Waals surface area contributed by atoms with Gasteiger partial charge in [-0.2, -0.15) is 5.10 Å². The second-order valence-electron chi connectivity index (χ2n) is 8.44. The van der Waals surface area contributed by atoms with Gasteiger partial charge in [-0.1, -0.05) is 18.2 Å². The van der Waals surface area contributed by atoms with Gasteiger partial charge >= 0.3 is 6.03 Å². The number of urea groups is 1. The van der Waals surface area contributed by atoms with Crippen molar-refractivity contribution in [3.05, 3.63) is 47.4 Å². The summed E-state index contributed by atoms with van der Waals surface area (Å²) in [6.45, 7) is 8.01. The van der Waals surface area contributed by atoms with Crippen molar-refractivity contribution in [2.24, 2.45) is 0 Å². The van der Waals surface area contributed by atoms with Crippen LogP contribution in [0.3, 0.4) is 0 Å². The largest absolute Gasteiger partial charge is 0.361 e. The zero-order valence-corrected chi connectivity index (χ0v) is 18.7. The van der Waals surface area contributed by atoms with Crippen molar-refractivity contribution >= 4 is 34.4 Å². The van der Waals surface area contributed by atoms with Crippen LogP contribution in [-0.4, -0.2) is 50.1 Å². The molecule has 32 heavy (non-hydrogen) atoms. The molecule has 1 aliphatic heterocycles. The lowest BCUT2D eigenvalue weighted by atomic mass is 10.1. The van der Waals surface area contributed by atoms with Crippen molar-refractivity contribution in [2.75, 3.05) is 11.9 Å². The summed E-state index contributed by atoms with van der Waals surface area (Å²) in [7, 11) is 0. The van der Waals surface area contributed by atoms with E-state index in [0.29, 0.717) is 17.8 Å². The van der Waals surface area contributed by atoms with E-state index in [-0.39, 0.29) is 30.8 Å². The van der Waals surface area contributed by atoms with Crippen molar-refractivity contribution in [1.82, 2.24) is 25.0 Å². The Hall–Kier alpha value is -3.62. The van der Waals surface area contributed by atoms with Crippen molar-refractivity contribution in [3.63, 3.8) is 0 Å². The summed E-state index contributed by atoms with van der Waals surface area (Å²) < 4.78 is 1.85. The van der Waals surface area contributed by atoms with Gasteiger partial charge in [-0.15, -0.1) is 0 Å². The molecule has 1 aromatic carbocycles. The highest BCUT2D eigenvalue weighted by molar-refractivity contribution is 6.07. The van der Waals surface area contributed by atoms with Crippen LogP contribution in [0.25, 0.3) is 10.9 Å². The fourth-order valence-electron chi connectivity index (χ4n) is 4.22. The standard InChI is InChI=1S/C23H28N6O3/c1-13(2)29-15(4)21(14(3)27-29)26-20(30)11-19-22(31)28(23(32)25-19)10-9-16-12-24-18-8-6-5-7-17(16)18/h5-8,12-13,19,24H,9-11H2,1-4H3,(H,25,32)(H,26,30)/t19-/m0/s1. The van der Waals surface area contributed by atoms with Gasteiger partial charge in [0.05, 0.1) is 23.5 Å². The van der Waals surface area contributed by atoms with Crippen LogP contribution in [0, 0.1) is 13.8 Å². The molecular formula is C23H28N6O3. The number of nitrogens with zero attached hydrogens (tertiary/aromatic N) is 3. The Morgan fingerprint density at radius 2 is 1.97 bits per heavy atom. The molecule has 0 spiro atoms. The van der Waals surface area contributed by atoms with Crippen molar-refractivity contribution in [3.8, 4) is 0 Å². The van der Waals surface area contributed by atoms with Crippen LogP contribution in [0.2, 0.25) is 0 Å². The molecular weight excluding hydrogens is 408 g/mol. The molecule has 1 saturated heterocycles. The molecule has 3 heterocycles. The molecule has 0 aliphatic carbocycles. The summed E-state index contributed by atoms with van der Waals surface area (Å²) >= 11 is 0. The number of imide groups is 1. The number of hydrogen-bond acceptors (Lipinski definition) is 4. The maximum atomic E-state index is 12.8. The summed E-state index contributed by atoms with van der Waals surface area (Å²) in [5.74, 6) is -0.715. The lowest BCUT2D eigenvalue weighted by Gasteiger charge is -2.13. The van der Waals surface area contributed by atoms with Crippen LogP contribution < -0.4 is 10.6 Å². The molecule has 9 nitrogen and oxygen atoms in total. The van der Waals surface area contributed by atoms with Gasteiger partial charge in [0.15, 0.2) is 0 Å². The average Bonchev–Trinajstić information content (AvgIpc) is 3.37. The van der Waals surface area contributed by atoms with Crippen LogP contribution in [-0.2, 0) is 16.0 Å². The van der Waals surface area contributed by atoms with E-state index in [2.05, 4.69) is 20.7 Å². The summed E-state index contributed by atoms with van der Waals surface area (Å²) in [6.07, 6.45) is 2.31. The van der Waals surface area contributed by atoms with E-state index in [9.17, 15) is 14.4 Å². The highest BCUT2D eigenvalue weighted by Gasteiger charge is 2.39. The number of carbonyl (C=O) groups excluding carboxylic acids is 3. The summed E-state index contributed by atoms with van der Waals surface area (Å²) in [6, 6.07) is 6.73. The summed E-state index contributed by atoms with van der Waals surface area (Å²) in [4.78, 5) is 42.2. The van der Waals surface area contributed by atoms with Gasteiger partial charge in [0, 0.05) is 29.7 Å². The van der Waals surface area contributed by atoms with Crippen molar-refractivity contribution in [1.29, 1.82) is 0 Å². The fourth-order valence-corrected chi connectivity index (χ4v) is 4.22. The van der Waals surface area contributed by atoms with E-state index in [1.807, 2.05) is 62.8 Å². The number of hydrogen-bond donors (Lipinski definition) is 3. The molecule has 9 heteroatoms. The summed E-state index contributed by atoms with van der Waals surface area (Å²) in [5.41, 5.74) is 4.27. The molecule has 0 bridgehead atoms. The quantitative estimate of drug-likeness (QED) is 0.494. The molecule has 2 aromatic heterocycles. The van der Waals surface area contributed by atoms with Gasteiger partial charge in [0.25, 0.3) is 5.91 Å². The number of benzene rings is 1. The molecule has 4 amide bonds. The molecule has 3 N–H and O–H groups in total. The molecule has 1 aliphatic rings. The first-order valence-electron chi connectivity index (χ1n) is 10.8. The number of fused-ring (bicyclic) bond motifs is 1. The Labute approximate surface area is 186 Å². The van der Waals surface area contributed by atoms with E-state index < -0.39 is 12.1 Å². The lowest BCUT2D eigenvalue weighted by Crippen LogP contribution is -2.35. The van der Waals surface area contributed by atoms with E-state index >= 15 is 0 Å². The van der Waals surface area contributed by atoms with Gasteiger partial charge in [0.1, 0.15) is 6.04 Å². The third kappa shape index (κ3) is 3.98. The minimum atomic E-state index is -0.869. The SMILES string of the molecule is Cc1nn(C(C)C)c(C)c1NC(=O)C[C@@H]1NC(=O)N(CCc2c[nH]c3ccccc23)C1=O. The first kappa shape index (κ1) is 21.6. The Morgan fingerprint density at radius 1 is 1.22 bits per heavy atom. The van der Waals surface area contributed by atoms with Gasteiger partial charge < -0.3 is 15.6 Å². The zero-order chi connectivity index (χ0) is 23.0. The van der Waals surface area contributed by atoms with Crippen LogP contribution in [0.5, 0.6) is 0 Å². The predicted octanol–water partition coefficient (Wildman–Crippen LogP) is 3.05. The smallest absolute Gasteiger partial charge is 0.324 e. The Balaban J connectivity index is 1.38. The number of nitrogens with one attached hydrogen (secondary N) is 3. The Kier molecular flexibility index (Phi) is 5.73. The lowest BCUT2D eigenvalue weighted by molar-refractivity contribution is -0.129. The maximum Gasteiger partial charge on any atom is 0.324 e. The monoisotopic (exact) mass is 436 g/mol. The number of aryl methyl sites for hydroxylation is 1. The molecule has 0 saturated carbocycles. The molecule has 4 rings (SSSR count). The molecule has 1 fully saturated rings. The maximum absolute atomic E-state index is 12.8. The second-order valence-corrected chi connectivity index (χ2v) is 8.44. The van der Waals surface area contributed by atoms with Crippen LogP contribution >= 0.6 is 0 Å². The third-order valence-corrected chi connectivity index (χ3v) is 5.85. The highest BCUT2D eigenvalue weighted by Crippen LogP contribution is 2.23. The normalized spacial score (nSPS) is 16.3. The second kappa shape index (κ2) is 8.49. The average molecular weight is 437 g/mol. The minimum absolute atomic E-state index is 0.125. The number of anilines is 1. The number of para-hydroxylation sites is 1. The van der Waals surface area contributed by atoms with Crippen LogP contribution in [0.1, 0.15) is 43.3 Å². The molecule has 3 aromatic rings. The van der Waals surface area contributed by atoms with Crippen LogP contribution in [0.4, 0.5) is 10.5 Å². The minimum Gasteiger partial charge on any atom is -0.361 e. The van der Waals surface area contributed by atoms with E-state index in [0.717, 1.165) is 22.2 Å². The van der Waals surface area contributed by atoms with Crippen LogP contribution in [0.15, 0.2) is 30.5 Å². The van der Waals surface area contributed by atoms with Gasteiger partial charge in [-0.05, 0) is 45.7 Å². The highest BCUT2D eigenvalue weighted by atomic mass is 16.2. The molecule has 1 atom stereocenters. The molecule has 0 radical (unpaired) electrons. The number of amides is 4. The molecule has 0 unspecified atom stereocenters. The Bertz CT molecular complexity index is 1190. The van der Waals surface area contributed by atoms with E-state index in [1.165, 1.54) is 4.90 Å². The predicted molar refractivity (Wildman–Crippen MR) is 121 cm³/mol. The number of aromatic nitrogens is 3. The van der Waals surface area contributed by atoms with Gasteiger partial charge in [-0.25, -0.2) is 4.79 Å². The van der Waals surface area contributed by atoms with Gasteiger partial charge in [-0.3, -0.25) is 19.2 Å². The van der Waals surface area contributed by atoms with Crippen molar-refractivity contribution in [2.45, 2.75) is 52.6 Å². The van der Waals surface area contributed by atoms with Crippen molar-refractivity contribution < 1.29 is 14.4 Å². The molecule has 168 valence electrons. The topological polar surface area (TPSA) is 112 Å². The summed E-state index contributed by atoms with van der Waals surface area (Å²) in [5, 5.41) is 11.0.